The van der Waals surface area contributed by atoms with Crippen LogP contribution in [0.2, 0.25) is 0 Å². The summed E-state index contributed by atoms with van der Waals surface area (Å²) in [6.07, 6.45) is 9.35. The Balaban J connectivity index is 1.52. The molecule has 0 radical (unpaired) electrons. The molecule has 0 aromatic carbocycles. The van der Waals surface area contributed by atoms with Crippen LogP contribution < -0.4 is 10.5 Å². The normalized spacial score (nSPS) is 14.6. The monoisotopic (exact) mass is 390 g/mol. The third-order valence-electron chi connectivity index (χ3n) is 5.08. The molecular weight excluding hydrogens is 372 g/mol. The predicted octanol–water partition coefficient (Wildman–Crippen LogP) is 1.14. The van der Waals surface area contributed by atoms with Crippen molar-refractivity contribution in [2.45, 2.75) is 6.54 Å². The fourth-order valence-corrected chi connectivity index (χ4v) is 3.61. The number of morpholine rings is 1. The van der Waals surface area contributed by atoms with Gasteiger partial charge in [0.15, 0.2) is 6.29 Å². The highest BCUT2D eigenvalue weighted by Gasteiger charge is 2.17. The minimum atomic E-state index is -0.212. The van der Waals surface area contributed by atoms with Crippen molar-refractivity contribution in [2.75, 3.05) is 31.2 Å². The summed E-state index contributed by atoms with van der Waals surface area (Å²) in [5.74, 6) is 0. The molecule has 0 bridgehead atoms. The third-order valence-corrected chi connectivity index (χ3v) is 5.08. The van der Waals surface area contributed by atoms with E-state index in [0.717, 1.165) is 30.4 Å². The number of anilines is 1. The maximum absolute atomic E-state index is 13.0. The summed E-state index contributed by atoms with van der Waals surface area (Å²) in [5, 5.41) is 5.68. The number of carbonyl (C=O) groups is 1. The van der Waals surface area contributed by atoms with E-state index in [1.807, 2.05) is 0 Å². The van der Waals surface area contributed by atoms with Crippen LogP contribution in [-0.2, 0) is 11.3 Å². The second-order valence-electron chi connectivity index (χ2n) is 6.90. The van der Waals surface area contributed by atoms with Gasteiger partial charge in [0, 0.05) is 42.6 Å². The van der Waals surface area contributed by atoms with Crippen LogP contribution in [0.25, 0.3) is 16.4 Å². The molecule has 1 aliphatic rings. The van der Waals surface area contributed by atoms with E-state index in [1.165, 1.54) is 4.68 Å². The average molecular weight is 390 g/mol. The standard InChI is InChI=1S/C20H18N6O3/c27-13-14-1-2-19-23-15(11-25(19)10-14)12-26-20(28)17-7-21-9-18(16(17)8-22-26)24-3-5-29-6-4-24/h1-2,7-11,13H,3-6,12H2. The van der Waals surface area contributed by atoms with Gasteiger partial charge in [-0.2, -0.15) is 5.10 Å². The number of hydrogen-bond acceptors (Lipinski definition) is 7. The topological polar surface area (TPSA) is 94.6 Å². The molecule has 4 aromatic rings. The highest BCUT2D eigenvalue weighted by atomic mass is 16.5. The summed E-state index contributed by atoms with van der Waals surface area (Å²) >= 11 is 0. The molecule has 4 aromatic heterocycles. The van der Waals surface area contributed by atoms with Gasteiger partial charge in [0.2, 0.25) is 0 Å². The van der Waals surface area contributed by atoms with E-state index in [0.29, 0.717) is 35.5 Å². The highest BCUT2D eigenvalue weighted by Crippen LogP contribution is 2.23. The van der Waals surface area contributed by atoms with Gasteiger partial charge < -0.3 is 14.0 Å². The van der Waals surface area contributed by atoms with Crippen LogP contribution >= 0.6 is 0 Å². The lowest BCUT2D eigenvalue weighted by atomic mass is 10.2. The number of hydrogen-bond donors (Lipinski definition) is 0. The average Bonchev–Trinajstić information content (AvgIpc) is 3.17. The molecule has 9 nitrogen and oxygen atoms in total. The highest BCUT2D eigenvalue weighted by molar-refractivity contribution is 5.92. The van der Waals surface area contributed by atoms with Gasteiger partial charge in [-0.15, -0.1) is 0 Å². The Bertz CT molecular complexity index is 1270. The van der Waals surface area contributed by atoms with Crippen LogP contribution in [0, 0.1) is 0 Å². The van der Waals surface area contributed by atoms with Gasteiger partial charge >= 0.3 is 0 Å². The molecule has 146 valence electrons. The van der Waals surface area contributed by atoms with E-state index < -0.39 is 0 Å². The number of pyridine rings is 2. The molecule has 9 heteroatoms. The Morgan fingerprint density at radius 3 is 2.76 bits per heavy atom. The molecule has 0 saturated carbocycles. The van der Waals surface area contributed by atoms with Gasteiger partial charge in [0.05, 0.1) is 48.9 Å². The first-order valence-electron chi connectivity index (χ1n) is 9.32. The summed E-state index contributed by atoms with van der Waals surface area (Å²) in [4.78, 5) is 34.9. The number of ether oxygens (including phenoxy) is 1. The zero-order valence-electron chi connectivity index (χ0n) is 15.6. The molecule has 5 rings (SSSR count). The van der Waals surface area contributed by atoms with Crippen LogP contribution in [0.3, 0.4) is 0 Å². The van der Waals surface area contributed by atoms with Crippen molar-refractivity contribution < 1.29 is 9.53 Å². The third kappa shape index (κ3) is 3.15. The SMILES string of the molecule is O=Cc1ccc2nc(Cn3ncc4c(N5CCOCC5)cncc4c3=O)cn2c1. The molecule has 29 heavy (non-hydrogen) atoms. The largest absolute Gasteiger partial charge is 0.378 e. The van der Waals surface area contributed by atoms with Crippen molar-refractivity contribution in [1.29, 1.82) is 0 Å². The second kappa shape index (κ2) is 7.10. The van der Waals surface area contributed by atoms with Crippen LogP contribution in [0.4, 0.5) is 5.69 Å². The lowest BCUT2D eigenvalue weighted by Gasteiger charge is -2.29. The summed E-state index contributed by atoms with van der Waals surface area (Å²) < 4.78 is 8.56. The number of imidazole rings is 1. The lowest BCUT2D eigenvalue weighted by Crippen LogP contribution is -2.36. The first kappa shape index (κ1) is 17.5. The summed E-state index contributed by atoms with van der Waals surface area (Å²) in [6, 6.07) is 3.47. The molecule has 0 N–H and O–H groups in total. The number of rotatable bonds is 4. The molecule has 0 unspecified atom stereocenters. The van der Waals surface area contributed by atoms with E-state index >= 15 is 0 Å². The summed E-state index contributed by atoms with van der Waals surface area (Å²) in [7, 11) is 0. The van der Waals surface area contributed by atoms with Gasteiger partial charge in [-0.1, -0.05) is 0 Å². The molecule has 5 heterocycles. The number of aromatic nitrogens is 5. The van der Waals surface area contributed by atoms with Crippen molar-refractivity contribution in [3.05, 3.63) is 64.7 Å². The maximum atomic E-state index is 13.0. The minimum absolute atomic E-state index is 0.212. The first-order chi connectivity index (χ1) is 14.2. The molecular formula is C20H18N6O3. The van der Waals surface area contributed by atoms with Crippen molar-refractivity contribution in [1.82, 2.24) is 24.1 Å². The minimum Gasteiger partial charge on any atom is -0.378 e. The smallest absolute Gasteiger partial charge is 0.276 e. The van der Waals surface area contributed by atoms with Crippen LogP contribution in [0.1, 0.15) is 16.1 Å². The first-order valence-corrected chi connectivity index (χ1v) is 9.32. The summed E-state index contributed by atoms with van der Waals surface area (Å²) in [6.45, 7) is 3.05. The Kier molecular flexibility index (Phi) is 4.28. The number of fused-ring (bicyclic) bond motifs is 2. The van der Waals surface area contributed by atoms with Crippen molar-refractivity contribution in [2.24, 2.45) is 0 Å². The molecule has 0 spiro atoms. The summed E-state index contributed by atoms with van der Waals surface area (Å²) in [5.41, 5.74) is 2.63. The van der Waals surface area contributed by atoms with Gasteiger partial charge in [0.25, 0.3) is 5.56 Å². The van der Waals surface area contributed by atoms with E-state index in [9.17, 15) is 9.59 Å². The Morgan fingerprint density at radius 2 is 1.93 bits per heavy atom. The van der Waals surface area contributed by atoms with E-state index in [1.54, 1.807) is 47.5 Å². The van der Waals surface area contributed by atoms with E-state index in [-0.39, 0.29) is 12.1 Å². The Hall–Kier alpha value is -3.59. The predicted molar refractivity (Wildman–Crippen MR) is 107 cm³/mol. The fourth-order valence-electron chi connectivity index (χ4n) is 3.61. The molecule has 1 aliphatic heterocycles. The quantitative estimate of drug-likeness (QED) is 0.482. The second-order valence-corrected chi connectivity index (χ2v) is 6.90. The fraction of sp³-hybridized carbons (Fsp3) is 0.250. The molecule has 0 atom stereocenters. The van der Waals surface area contributed by atoms with Crippen LogP contribution in [0.15, 0.2) is 47.9 Å². The van der Waals surface area contributed by atoms with Crippen LogP contribution in [-0.4, -0.2) is 56.7 Å². The molecule has 1 saturated heterocycles. The molecule has 0 aliphatic carbocycles. The molecule has 1 fully saturated rings. The number of carbonyl (C=O) groups excluding carboxylic acids is 1. The number of aldehydes is 1. The Labute approximate surface area is 165 Å². The molecule has 0 amide bonds. The van der Waals surface area contributed by atoms with Crippen molar-refractivity contribution in [3.63, 3.8) is 0 Å². The zero-order chi connectivity index (χ0) is 19.8. The van der Waals surface area contributed by atoms with Gasteiger partial charge in [0.1, 0.15) is 5.65 Å². The van der Waals surface area contributed by atoms with E-state index in [4.69, 9.17) is 4.74 Å². The number of nitrogens with zero attached hydrogens (tertiary/aromatic N) is 6. The zero-order valence-corrected chi connectivity index (χ0v) is 15.6. The van der Waals surface area contributed by atoms with Gasteiger partial charge in [-0.3, -0.25) is 14.6 Å². The lowest BCUT2D eigenvalue weighted by molar-refractivity contribution is 0.112. The maximum Gasteiger partial charge on any atom is 0.276 e. The van der Waals surface area contributed by atoms with E-state index in [2.05, 4.69) is 20.0 Å². The van der Waals surface area contributed by atoms with Gasteiger partial charge in [-0.05, 0) is 12.1 Å². The van der Waals surface area contributed by atoms with Crippen LogP contribution in [0.5, 0.6) is 0 Å². The van der Waals surface area contributed by atoms with Gasteiger partial charge in [-0.25, -0.2) is 9.67 Å². The Morgan fingerprint density at radius 1 is 1.07 bits per heavy atom. The van der Waals surface area contributed by atoms with Crippen molar-refractivity contribution in [3.8, 4) is 0 Å². The van der Waals surface area contributed by atoms with Crippen molar-refractivity contribution >= 4 is 28.4 Å².